The maximum absolute atomic E-state index is 12.7. The molecule has 0 bridgehead atoms. The second kappa shape index (κ2) is 8.25. The van der Waals surface area contributed by atoms with Crippen LogP contribution in [0.1, 0.15) is 18.9 Å². The summed E-state index contributed by atoms with van der Waals surface area (Å²) in [5.74, 6) is 1.62. The molecular weight excluding hydrogens is 394 g/mol. The van der Waals surface area contributed by atoms with Gasteiger partial charge in [0.15, 0.2) is 5.82 Å². The van der Waals surface area contributed by atoms with Gasteiger partial charge in [0.1, 0.15) is 5.75 Å². The molecule has 31 heavy (non-hydrogen) atoms. The number of tetrazole rings is 1. The van der Waals surface area contributed by atoms with Gasteiger partial charge in [-0.2, -0.15) is 0 Å². The van der Waals surface area contributed by atoms with Crippen LogP contribution in [0, 0.1) is 0 Å². The van der Waals surface area contributed by atoms with Gasteiger partial charge in [0, 0.05) is 43.1 Å². The number of hydrogen-bond donors (Lipinski definition) is 1. The van der Waals surface area contributed by atoms with E-state index >= 15 is 0 Å². The molecule has 2 amide bonds. The number of benzene rings is 2. The van der Waals surface area contributed by atoms with E-state index in [1.165, 1.54) is 0 Å². The number of carbonyl (C=O) groups excluding carboxylic acids is 1. The molecule has 2 aliphatic rings. The Labute approximate surface area is 180 Å². The van der Waals surface area contributed by atoms with Crippen LogP contribution in [-0.2, 0) is 0 Å². The number of nitrogens with zero attached hydrogens (tertiary/aromatic N) is 6. The molecule has 2 fully saturated rings. The van der Waals surface area contributed by atoms with E-state index in [1.807, 2.05) is 46.0 Å². The molecule has 1 aromatic heterocycles. The first-order valence-corrected chi connectivity index (χ1v) is 10.5. The van der Waals surface area contributed by atoms with Crippen molar-refractivity contribution in [1.82, 2.24) is 25.1 Å². The SMILES string of the molecule is COc1ccc(N2CCN(C(=O)Nc3ccc(-c4nnnn4C4CC4)cc3)CC2)cc1. The third-order valence-corrected chi connectivity index (χ3v) is 5.78. The molecule has 0 radical (unpaired) electrons. The summed E-state index contributed by atoms with van der Waals surface area (Å²) in [6, 6.07) is 16.0. The lowest BCUT2D eigenvalue weighted by atomic mass is 10.2. The fourth-order valence-corrected chi connectivity index (χ4v) is 3.81. The number of rotatable bonds is 5. The van der Waals surface area contributed by atoms with Crippen LogP contribution >= 0.6 is 0 Å². The lowest BCUT2D eigenvalue weighted by Crippen LogP contribution is -2.50. The van der Waals surface area contributed by atoms with Crippen LogP contribution in [0.3, 0.4) is 0 Å². The fraction of sp³-hybridized carbons (Fsp3) is 0.364. The zero-order valence-electron chi connectivity index (χ0n) is 17.4. The van der Waals surface area contributed by atoms with Gasteiger partial charge in [0.2, 0.25) is 0 Å². The van der Waals surface area contributed by atoms with Crippen LogP contribution < -0.4 is 15.0 Å². The topological polar surface area (TPSA) is 88.4 Å². The Kier molecular flexibility index (Phi) is 5.15. The standard InChI is InChI=1S/C22H25N7O2/c1-31-20-10-8-18(9-11-20)27-12-14-28(15-13-27)22(30)23-17-4-2-16(3-5-17)21-24-25-26-29(21)19-6-7-19/h2-5,8-11,19H,6-7,12-15H2,1H3,(H,23,30). The monoisotopic (exact) mass is 419 g/mol. The fourth-order valence-electron chi connectivity index (χ4n) is 3.81. The van der Waals surface area contributed by atoms with E-state index in [1.54, 1.807) is 7.11 Å². The first-order chi connectivity index (χ1) is 15.2. The van der Waals surface area contributed by atoms with Crippen molar-refractivity contribution in [2.45, 2.75) is 18.9 Å². The Morgan fingerprint density at radius 1 is 1.00 bits per heavy atom. The summed E-state index contributed by atoms with van der Waals surface area (Å²) in [6.45, 7) is 2.93. The van der Waals surface area contributed by atoms with E-state index in [4.69, 9.17) is 4.74 Å². The zero-order valence-corrected chi connectivity index (χ0v) is 17.4. The molecule has 0 unspecified atom stereocenters. The minimum Gasteiger partial charge on any atom is -0.497 e. The second-order valence-corrected chi connectivity index (χ2v) is 7.86. The lowest BCUT2D eigenvalue weighted by Gasteiger charge is -2.36. The quantitative estimate of drug-likeness (QED) is 0.684. The van der Waals surface area contributed by atoms with Crippen LogP contribution in [0.15, 0.2) is 48.5 Å². The second-order valence-electron chi connectivity index (χ2n) is 7.86. The number of amides is 2. The molecule has 9 nitrogen and oxygen atoms in total. The highest BCUT2D eigenvalue weighted by atomic mass is 16.5. The highest BCUT2D eigenvalue weighted by Crippen LogP contribution is 2.36. The van der Waals surface area contributed by atoms with Crippen LogP contribution in [0.4, 0.5) is 16.2 Å². The summed E-state index contributed by atoms with van der Waals surface area (Å²) >= 11 is 0. The molecule has 160 valence electrons. The van der Waals surface area contributed by atoms with Gasteiger partial charge in [-0.1, -0.05) is 0 Å². The molecule has 1 N–H and O–H groups in total. The minimum absolute atomic E-state index is 0.0788. The van der Waals surface area contributed by atoms with Gasteiger partial charge in [-0.25, -0.2) is 9.48 Å². The van der Waals surface area contributed by atoms with Gasteiger partial charge in [-0.3, -0.25) is 0 Å². The molecule has 9 heteroatoms. The lowest BCUT2D eigenvalue weighted by molar-refractivity contribution is 0.208. The largest absolute Gasteiger partial charge is 0.497 e. The number of carbonyl (C=O) groups is 1. The van der Waals surface area contributed by atoms with E-state index in [0.717, 1.165) is 54.4 Å². The summed E-state index contributed by atoms with van der Waals surface area (Å²) in [5, 5.41) is 15.0. The van der Waals surface area contributed by atoms with Crippen molar-refractivity contribution in [2.75, 3.05) is 43.5 Å². The molecule has 0 atom stereocenters. The molecule has 1 aliphatic carbocycles. The molecule has 1 saturated carbocycles. The molecule has 1 saturated heterocycles. The van der Waals surface area contributed by atoms with Crippen molar-refractivity contribution >= 4 is 17.4 Å². The zero-order chi connectivity index (χ0) is 21.2. The first-order valence-electron chi connectivity index (χ1n) is 10.5. The van der Waals surface area contributed by atoms with Gasteiger partial charge in [-0.15, -0.1) is 5.10 Å². The highest BCUT2D eigenvalue weighted by Gasteiger charge is 2.28. The number of piperazine rings is 1. The van der Waals surface area contributed by atoms with Gasteiger partial charge < -0.3 is 19.9 Å². The van der Waals surface area contributed by atoms with Gasteiger partial charge in [0.05, 0.1) is 13.2 Å². The van der Waals surface area contributed by atoms with Crippen LogP contribution in [-0.4, -0.2) is 64.4 Å². The Morgan fingerprint density at radius 3 is 2.35 bits per heavy atom. The summed E-state index contributed by atoms with van der Waals surface area (Å²) in [6.07, 6.45) is 2.25. The average Bonchev–Trinajstić information content (AvgIpc) is 3.56. The molecule has 1 aliphatic heterocycles. The van der Waals surface area contributed by atoms with Crippen molar-refractivity contribution in [3.8, 4) is 17.1 Å². The Hall–Kier alpha value is -3.62. The Bertz CT molecular complexity index is 1040. The molecule has 3 aromatic rings. The van der Waals surface area contributed by atoms with Gasteiger partial charge in [-0.05, 0) is 71.8 Å². The molecule has 5 rings (SSSR count). The van der Waals surface area contributed by atoms with Gasteiger partial charge >= 0.3 is 6.03 Å². The number of nitrogens with one attached hydrogen (secondary N) is 1. The Balaban J connectivity index is 1.16. The molecule has 2 heterocycles. The van der Waals surface area contributed by atoms with E-state index in [0.29, 0.717) is 19.1 Å². The summed E-state index contributed by atoms with van der Waals surface area (Å²) in [7, 11) is 1.66. The van der Waals surface area contributed by atoms with E-state index < -0.39 is 0 Å². The number of methoxy groups -OCH3 is 1. The van der Waals surface area contributed by atoms with Crippen molar-refractivity contribution in [2.24, 2.45) is 0 Å². The summed E-state index contributed by atoms with van der Waals surface area (Å²) in [5.41, 5.74) is 2.85. The number of ether oxygens (including phenoxy) is 1. The number of anilines is 2. The highest BCUT2D eigenvalue weighted by molar-refractivity contribution is 5.89. The third-order valence-electron chi connectivity index (χ3n) is 5.78. The predicted molar refractivity (Wildman–Crippen MR) is 117 cm³/mol. The first kappa shape index (κ1) is 19.3. The van der Waals surface area contributed by atoms with E-state index in [9.17, 15) is 4.79 Å². The summed E-state index contributed by atoms with van der Waals surface area (Å²) < 4.78 is 7.10. The third kappa shape index (κ3) is 4.16. The number of aromatic nitrogens is 4. The maximum Gasteiger partial charge on any atom is 0.321 e. The number of urea groups is 1. The van der Waals surface area contributed by atoms with E-state index in [-0.39, 0.29) is 6.03 Å². The van der Waals surface area contributed by atoms with E-state index in [2.05, 4.69) is 37.9 Å². The molecular formula is C22H25N7O2. The predicted octanol–water partition coefficient (Wildman–Crippen LogP) is 3.04. The summed E-state index contributed by atoms with van der Waals surface area (Å²) in [4.78, 5) is 16.8. The normalized spacial score (nSPS) is 16.3. The van der Waals surface area contributed by atoms with Gasteiger partial charge in [0.25, 0.3) is 0 Å². The van der Waals surface area contributed by atoms with Crippen LogP contribution in [0.5, 0.6) is 5.75 Å². The number of hydrogen-bond acceptors (Lipinski definition) is 6. The van der Waals surface area contributed by atoms with Crippen molar-refractivity contribution in [1.29, 1.82) is 0 Å². The van der Waals surface area contributed by atoms with Crippen molar-refractivity contribution < 1.29 is 9.53 Å². The maximum atomic E-state index is 12.7. The molecule has 0 spiro atoms. The van der Waals surface area contributed by atoms with Crippen LogP contribution in [0.25, 0.3) is 11.4 Å². The van der Waals surface area contributed by atoms with Crippen molar-refractivity contribution in [3.63, 3.8) is 0 Å². The Morgan fingerprint density at radius 2 is 1.71 bits per heavy atom. The minimum atomic E-state index is -0.0788. The van der Waals surface area contributed by atoms with Crippen molar-refractivity contribution in [3.05, 3.63) is 48.5 Å². The van der Waals surface area contributed by atoms with Crippen LogP contribution in [0.2, 0.25) is 0 Å². The smallest absolute Gasteiger partial charge is 0.321 e. The average molecular weight is 419 g/mol. The molecule has 2 aromatic carbocycles.